The molecule has 7 nitrogen and oxygen atoms in total. The number of aromatic carboxylic acids is 1. The zero-order valence-electron chi connectivity index (χ0n) is 27.4. The Labute approximate surface area is 287 Å². The van der Waals surface area contributed by atoms with Gasteiger partial charge in [0.25, 0.3) is 0 Å². The van der Waals surface area contributed by atoms with Gasteiger partial charge in [0.2, 0.25) is 10.0 Å². The molecule has 1 heterocycles. The van der Waals surface area contributed by atoms with Crippen LogP contribution in [-0.2, 0) is 35.0 Å². The van der Waals surface area contributed by atoms with Gasteiger partial charge < -0.3 is 14.8 Å². The average molecular weight is 673 g/mol. The molecule has 0 aliphatic rings. The van der Waals surface area contributed by atoms with E-state index in [1.807, 2.05) is 67.6 Å². The molecule has 0 unspecified atom stereocenters. The molecule has 0 atom stereocenters. The van der Waals surface area contributed by atoms with Crippen LogP contribution in [0.15, 0.2) is 127 Å². The van der Waals surface area contributed by atoms with E-state index < -0.39 is 16.0 Å². The molecular weight excluding hydrogens is 633 g/mol. The highest BCUT2D eigenvalue weighted by Gasteiger charge is 2.25. The minimum atomic E-state index is -3.74. The fourth-order valence-electron chi connectivity index (χ4n) is 6.80. The number of carboxylic acids is 1. The van der Waals surface area contributed by atoms with E-state index in [1.165, 1.54) is 11.6 Å². The molecule has 8 heteroatoms. The first kappa shape index (κ1) is 33.7. The molecule has 5 aromatic carbocycles. The Morgan fingerprint density at radius 1 is 0.776 bits per heavy atom. The van der Waals surface area contributed by atoms with Gasteiger partial charge in [0, 0.05) is 35.1 Å². The first-order valence-corrected chi connectivity index (χ1v) is 18.1. The number of carboxylic acid groups (broad SMARTS) is 1. The maximum Gasteiger partial charge on any atom is 0.335 e. The Balaban J connectivity index is 1.39. The smallest absolute Gasteiger partial charge is 0.335 e. The monoisotopic (exact) mass is 672 g/mol. The minimum Gasteiger partial charge on any atom is -0.508 e. The second-order valence-corrected chi connectivity index (χ2v) is 14.2. The third-order valence-electron chi connectivity index (χ3n) is 9.05. The van der Waals surface area contributed by atoms with Gasteiger partial charge in [0.05, 0.1) is 17.4 Å². The van der Waals surface area contributed by atoms with Crippen molar-refractivity contribution in [2.75, 3.05) is 6.54 Å². The lowest BCUT2D eigenvalue weighted by atomic mass is 9.97. The Morgan fingerprint density at radius 2 is 1.41 bits per heavy atom. The minimum absolute atomic E-state index is 0.0448. The predicted molar refractivity (Wildman–Crippen MR) is 195 cm³/mol. The number of aromatic nitrogens is 1. The number of carbonyl (C=O) groups is 1. The van der Waals surface area contributed by atoms with Crippen LogP contribution >= 0.6 is 0 Å². The largest absolute Gasteiger partial charge is 0.508 e. The molecule has 250 valence electrons. The van der Waals surface area contributed by atoms with Gasteiger partial charge in [0.15, 0.2) is 0 Å². The number of phenols is 1. The van der Waals surface area contributed by atoms with Crippen LogP contribution in [0.5, 0.6) is 5.75 Å². The third-order valence-corrected chi connectivity index (χ3v) is 10.4. The van der Waals surface area contributed by atoms with Gasteiger partial charge in [-0.3, -0.25) is 0 Å². The highest BCUT2D eigenvalue weighted by molar-refractivity contribution is 7.88. The van der Waals surface area contributed by atoms with Crippen LogP contribution in [0.25, 0.3) is 10.9 Å². The molecular formula is C41H40N2O5S. The number of aryl methyl sites for hydroxylation is 3. The van der Waals surface area contributed by atoms with Crippen LogP contribution in [0, 0.1) is 6.92 Å². The van der Waals surface area contributed by atoms with Crippen molar-refractivity contribution in [1.82, 2.24) is 9.29 Å². The number of benzene rings is 5. The van der Waals surface area contributed by atoms with E-state index in [9.17, 15) is 23.4 Å². The summed E-state index contributed by atoms with van der Waals surface area (Å²) in [5.74, 6) is -1.28. The molecule has 0 bridgehead atoms. The molecule has 0 radical (unpaired) electrons. The second kappa shape index (κ2) is 14.9. The zero-order valence-corrected chi connectivity index (χ0v) is 28.2. The summed E-state index contributed by atoms with van der Waals surface area (Å²) in [5, 5.41) is 20.8. The fraction of sp³-hybridized carbons (Fsp3) is 0.195. The van der Waals surface area contributed by atoms with Crippen molar-refractivity contribution in [3.8, 4) is 5.75 Å². The Morgan fingerprint density at radius 3 is 2.06 bits per heavy atom. The van der Waals surface area contributed by atoms with E-state index in [0.29, 0.717) is 17.5 Å². The number of phenolic OH excluding ortho intramolecular Hbond substituents is 1. The summed E-state index contributed by atoms with van der Waals surface area (Å²) < 4.78 is 31.6. The van der Waals surface area contributed by atoms with Crippen molar-refractivity contribution in [3.05, 3.63) is 172 Å². The van der Waals surface area contributed by atoms with Gasteiger partial charge in [0.1, 0.15) is 5.75 Å². The second-order valence-electron chi connectivity index (χ2n) is 12.4. The van der Waals surface area contributed by atoms with Crippen LogP contribution < -0.4 is 4.72 Å². The maximum atomic E-state index is 13.2. The molecule has 0 amide bonds. The van der Waals surface area contributed by atoms with Gasteiger partial charge in [-0.2, -0.15) is 0 Å². The van der Waals surface area contributed by atoms with Gasteiger partial charge in [-0.1, -0.05) is 109 Å². The van der Waals surface area contributed by atoms with E-state index in [-0.39, 0.29) is 24.1 Å². The van der Waals surface area contributed by atoms with Crippen LogP contribution in [-0.4, -0.2) is 35.7 Å². The summed E-state index contributed by atoms with van der Waals surface area (Å²) in [7, 11) is -3.74. The molecule has 0 saturated heterocycles. The topological polar surface area (TPSA) is 109 Å². The molecule has 0 aliphatic heterocycles. The van der Waals surface area contributed by atoms with Gasteiger partial charge in [-0.15, -0.1) is 0 Å². The van der Waals surface area contributed by atoms with Crippen molar-refractivity contribution in [2.45, 2.75) is 44.4 Å². The molecule has 0 aliphatic carbocycles. The Kier molecular flexibility index (Phi) is 10.3. The number of hydrogen-bond donors (Lipinski definition) is 3. The average Bonchev–Trinajstić information content (AvgIpc) is 3.39. The summed E-state index contributed by atoms with van der Waals surface area (Å²) in [6, 6.07) is 40.9. The third kappa shape index (κ3) is 7.77. The summed E-state index contributed by atoms with van der Waals surface area (Å²) in [6.45, 7) is 2.01. The number of hydrogen-bond acceptors (Lipinski definition) is 4. The first-order valence-electron chi connectivity index (χ1n) is 16.5. The Hall–Kier alpha value is -5.18. The van der Waals surface area contributed by atoms with Crippen molar-refractivity contribution < 1.29 is 23.4 Å². The number of nitrogens with zero attached hydrogens (tertiary/aromatic N) is 1. The molecule has 1 aromatic heterocycles. The summed E-state index contributed by atoms with van der Waals surface area (Å²) in [4.78, 5) is 11.6. The summed E-state index contributed by atoms with van der Waals surface area (Å²) in [5.41, 5.74) is 8.03. The number of rotatable bonds is 14. The van der Waals surface area contributed by atoms with Crippen molar-refractivity contribution in [2.24, 2.45) is 0 Å². The first-order chi connectivity index (χ1) is 23.7. The van der Waals surface area contributed by atoms with E-state index in [2.05, 4.69) is 45.7 Å². The summed E-state index contributed by atoms with van der Waals surface area (Å²) >= 11 is 0. The molecule has 0 saturated carbocycles. The highest BCUT2D eigenvalue weighted by Crippen LogP contribution is 2.37. The number of nitrogens with one attached hydrogen (secondary N) is 1. The zero-order chi connectivity index (χ0) is 34.4. The van der Waals surface area contributed by atoms with E-state index >= 15 is 0 Å². The lowest BCUT2D eigenvalue weighted by molar-refractivity contribution is 0.0696. The molecule has 0 spiro atoms. The Bertz CT molecular complexity index is 2140. The van der Waals surface area contributed by atoms with Crippen molar-refractivity contribution >= 4 is 26.9 Å². The normalized spacial score (nSPS) is 11.7. The van der Waals surface area contributed by atoms with Gasteiger partial charge in [-0.05, 0) is 72.2 Å². The van der Waals surface area contributed by atoms with Crippen LogP contribution in [0.4, 0.5) is 0 Å². The molecule has 49 heavy (non-hydrogen) atoms. The van der Waals surface area contributed by atoms with E-state index in [1.54, 1.807) is 24.3 Å². The molecule has 6 aromatic rings. The van der Waals surface area contributed by atoms with Crippen LogP contribution in [0.3, 0.4) is 0 Å². The lowest BCUT2D eigenvalue weighted by Crippen LogP contribution is -2.28. The quantitative estimate of drug-likeness (QED) is 0.109. The number of fused-ring (bicyclic) bond motifs is 1. The molecule has 0 fully saturated rings. The predicted octanol–water partition coefficient (Wildman–Crippen LogP) is 7.83. The van der Waals surface area contributed by atoms with Gasteiger partial charge in [-0.25, -0.2) is 17.9 Å². The maximum absolute atomic E-state index is 13.2. The summed E-state index contributed by atoms with van der Waals surface area (Å²) in [6.07, 6.45) is 2.80. The lowest BCUT2D eigenvalue weighted by Gasteiger charge is -2.25. The van der Waals surface area contributed by atoms with Crippen LogP contribution in [0.1, 0.15) is 61.9 Å². The number of sulfonamides is 1. The SMILES string of the molecule is Cc1cc(CCCc2c(CCNS(=O)(=O)Cc3ccccc3O)n(C(c3ccccc3)c3ccccc3)c3ccccc23)ccc1C(=O)O. The van der Waals surface area contributed by atoms with E-state index in [4.69, 9.17) is 0 Å². The van der Waals surface area contributed by atoms with Crippen molar-refractivity contribution in [1.29, 1.82) is 0 Å². The van der Waals surface area contributed by atoms with Crippen molar-refractivity contribution in [3.63, 3.8) is 0 Å². The highest BCUT2D eigenvalue weighted by atomic mass is 32.2. The van der Waals surface area contributed by atoms with E-state index in [0.717, 1.165) is 58.1 Å². The fourth-order valence-corrected chi connectivity index (χ4v) is 7.96. The standard InChI is InChI=1S/C41H40N2O5S/c1-29-27-30(23-24-34(29)41(45)46)13-12-20-36-35-19-9-10-21-37(35)43(40(31-14-4-2-5-15-31)32-16-6-3-7-17-32)38(36)25-26-42-49(47,48)28-33-18-8-11-22-39(33)44/h2-11,14-19,21-24,27,40,42,44H,12-13,20,25-26,28H2,1H3,(H,45,46). The number of para-hydroxylation sites is 2. The molecule has 6 rings (SSSR count). The molecule has 3 N–H and O–H groups in total. The van der Waals surface area contributed by atoms with Crippen LogP contribution in [0.2, 0.25) is 0 Å². The van der Waals surface area contributed by atoms with Gasteiger partial charge >= 0.3 is 5.97 Å². The number of aromatic hydroxyl groups is 1.